The molecule has 0 spiro atoms. The Hall–Kier alpha value is -2.59. The fraction of sp³-hybridized carbons (Fsp3) is 0.154. The number of hydrogen-bond acceptors (Lipinski definition) is 3. The molecule has 1 aromatic carbocycles. The quantitative estimate of drug-likeness (QED) is 0.800. The molecule has 1 heterocycles. The van der Waals surface area contributed by atoms with Gasteiger partial charge in [-0.1, -0.05) is 30.3 Å². The zero-order chi connectivity index (χ0) is 12.1. The van der Waals surface area contributed by atoms with Gasteiger partial charge in [-0.05, 0) is 5.56 Å². The third kappa shape index (κ3) is 2.16. The Balaban J connectivity index is 2.44. The SMILES string of the molecule is N#CCC(c1ccccc1)n1ccnc1C#N. The topological polar surface area (TPSA) is 65.4 Å². The monoisotopic (exact) mass is 222 g/mol. The smallest absolute Gasteiger partial charge is 0.213 e. The molecule has 0 saturated carbocycles. The molecule has 1 unspecified atom stereocenters. The standard InChI is InChI=1S/C13H10N4/c14-7-6-12(11-4-2-1-3-5-11)17-9-8-16-13(17)10-15/h1-5,8-9,12H,6H2. The highest BCUT2D eigenvalue weighted by Crippen LogP contribution is 2.22. The van der Waals surface area contributed by atoms with Gasteiger partial charge >= 0.3 is 0 Å². The van der Waals surface area contributed by atoms with E-state index in [4.69, 9.17) is 10.5 Å². The molecule has 2 aromatic rings. The summed E-state index contributed by atoms with van der Waals surface area (Å²) in [4.78, 5) is 3.96. The van der Waals surface area contributed by atoms with E-state index < -0.39 is 0 Å². The van der Waals surface area contributed by atoms with E-state index in [0.717, 1.165) is 5.56 Å². The third-order valence-electron chi connectivity index (χ3n) is 2.57. The Morgan fingerprint density at radius 3 is 2.65 bits per heavy atom. The third-order valence-corrected chi connectivity index (χ3v) is 2.57. The summed E-state index contributed by atoms with van der Waals surface area (Å²) < 4.78 is 1.73. The molecule has 0 radical (unpaired) electrons. The van der Waals surface area contributed by atoms with E-state index in [0.29, 0.717) is 12.2 Å². The summed E-state index contributed by atoms with van der Waals surface area (Å²) >= 11 is 0. The highest BCUT2D eigenvalue weighted by molar-refractivity contribution is 5.24. The summed E-state index contributed by atoms with van der Waals surface area (Å²) in [5, 5.41) is 17.8. The summed E-state index contributed by atoms with van der Waals surface area (Å²) in [6, 6.07) is 13.7. The molecule has 82 valence electrons. The Morgan fingerprint density at radius 1 is 1.24 bits per heavy atom. The van der Waals surface area contributed by atoms with E-state index in [1.54, 1.807) is 17.0 Å². The van der Waals surface area contributed by atoms with Crippen molar-refractivity contribution in [3.05, 3.63) is 54.1 Å². The van der Waals surface area contributed by atoms with Crippen LogP contribution in [0, 0.1) is 22.7 Å². The first kappa shape index (κ1) is 10.9. The molecular weight excluding hydrogens is 212 g/mol. The maximum Gasteiger partial charge on any atom is 0.213 e. The normalized spacial score (nSPS) is 11.4. The van der Waals surface area contributed by atoms with Crippen molar-refractivity contribution in [2.45, 2.75) is 12.5 Å². The molecule has 0 N–H and O–H groups in total. The molecule has 2 rings (SSSR count). The second kappa shape index (κ2) is 4.96. The largest absolute Gasteiger partial charge is 0.314 e. The van der Waals surface area contributed by atoms with Gasteiger partial charge in [0.05, 0.1) is 18.5 Å². The number of nitrogens with zero attached hydrogens (tertiary/aromatic N) is 4. The minimum Gasteiger partial charge on any atom is -0.314 e. The van der Waals surface area contributed by atoms with Gasteiger partial charge < -0.3 is 4.57 Å². The van der Waals surface area contributed by atoms with Crippen LogP contribution in [0.5, 0.6) is 0 Å². The lowest BCUT2D eigenvalue weighted by Crippen LogP contribution is -2.11. The van der Waals surface area contributed by atoms with E-state index in [1.165, 1.54) is 0 Å². The van der Waals surface area contributed by atoms with Gasteiger partial charge in [0.15, 0.2) is 0 Å². The highest BCUT2D eigenvalue weighted by atomic mass is 15.1. The van der Waals surface area contributed by atoms with Gasteiger partial charge in [0.1, 0.15) is 6.07 Å². The van der Waals surface area contributed by atoms with Crippen molar-refractivity contribution in [2.24, 2.45) is 0 Å². The number of nitriles is 2. The molecule has 0 saturated heterocycles. The first-order chi connectivity index (χ1) is 8.36. The molecule has 1 aromatic heterocycles. The predicted molar refractivity (Wildman–Crippen MR) is 61.8 cm³/mol. The van der Waals surface area contributed by atoms with Crippen LogP contribution < -0.4 is 0 Å². The first-order valence-electron chi connectivity index (χ1n) is 5.21. The summed E-state index contributed by atoms with van der Waals surface area (Å²) in [7, 11) is 0. The summed E-state index contributed by atoms with van der Waals surface area (Å²) in [6.07, 6.45) is 3.62. The second-order valence-electron chi connectivity index (χ2n) is 3.56. The Labute approximate surface area is 99.4 Å². The van der Waals surface area contributed by atoms with E-state index in [9.17, 15) is 0 Å². The lowest BCUT2D eigenvalue weighted by atomic mass is 10.0. The van der Waals surface area contributed by atoms with Gasteiger partial charge in [-0.3, -0.25) is 0 Å². The van der Waals surface area contributed by atoms with Crippen LogP contribution in [0.15, 0.2) is 42.7 Å². The summed E-state index contributed by atoms with van der Waals surface area (Å²) in [5.41, 5.74) is 1.00. The van der Waals surface area contributed by atoms with Crippen molar-refractivity contribution in [3.8, 4) is 12.1 Å². The second-order valence-corrected chi connectivity index (χ2v) is 3.56. The number of rotatable bonds is 3. The molecule has 4 heteroatoms. The fourth-order valence-electron chi connectivity index (χ4n) is 1.79. The van der Waals surface area contributed by atoms with Gasteiger partial charge in [-0.15, -0.1) is 0 Å². The minimum absolute atomic E-state index is 0.154. The van der Waals surface area contributed by atoms with Crippen molar-refractivity contribution < 1.29 is 0 Å². The van der Waals surface area contributed by atoms with Crippen LogP contribution in [0.3, 0.4) is 0 Å². The lowest BCUT2D eigenvalue weighted by Gasteiger charge is -2.16. The average Bonchev–Trinajstić information content (AvgIpc) is 2.85. The van der Waals surface area contributed by atoms with Crippen LogP contribution in [0.2, 0.25) is 0 Å². The molecule has 0 fully saturated rings. The molecule has 0 amide bonds. The summed E-state index contributed by atoms with van der Waals surface area (Å²) in [5.74, 6) is 0.328. The van der Waals surface area contributed by atoms with Crippen LogP contribution in [0.1, 0.15) is 23.9 Å². The lowest BCUT2D eigenvalue weighted by molar-refractivity contribution is 0.589. The maximum absolute atomic E-state index is 8.96. The molecule has 0 bridgehead atoms. The van der Waals surface area contributed by atoms with E-state index >= 15 is 0 Å². The van der Waals surface area contributed by atoms with Gasteiger partial charge in [-0.25, -0.2) is 4.98 Å². The molecular formula is C13H10N4. The Bertz CT molecular complexity index is 571. The Kier molecular flexibility index (Phi) is 3.18. The van der Waals surface area contributed by atoms with Crippen LogP contribution in [-0.4, -0.2) is 9.55 Å². The van der Waals surface area contributed by atoms with Gasteiger partial charge in [0, 0.05) is 12.4 Å². The van der Waals surface area contributed by atoms with Crippen LogP contribution in [0.4, 0.5) is 0 Å². The van der Waals surface area contributed by atoms with Crippen LogP contribution >= 0.6 is 0 Å². The van der Waals surface area contributed by atoms with Crippen molar-refractivity contribution >= 4 is 0 Å². The Morgan fingerprint density at radius 2 is 2.00 bits per heavy atom. The maximum atomic E-state index is 8.96. The predicted octanol–water partition coefficient (Wildman–Crippen LogP) is 2.26. The number of imidazole rings is 1. The van der Waals surface area contributed by atoms with E-state index in [-0.39, 0.29) is 6.04 Å². The average molecular weight is 222 g/mol. The number of hydrogen-bond donors (Lipinski definition) is 0. The first-order valence-corrected chi connectivity index (χ1v) is 5.21. The van der Waals surface area contributed by atoms with Crippen molar-refractivity contribution in [3.63, 3.8) is 0 Å². The molecule has 4 nitrogen and oxygen atoms in total. The zero-order valence-corrected chi connectivity index (χ0v) is 9.11. The molecule has 0 aliphatic rings. The van der Waals surface area contributed by atoms with Crippen molar-refractivity contribution in [2.75, 3.05) is 0 Å². The minimum atomic E-state index is -0.154. The highest BCUT2D eigenvalue weighted by Gasteiger charge is 2.16. The van der Waals surface area contributed by atoms with Crippen molar-refractivity contribution in [1.82, 2.24) is 9.55 Å². The van der Waals surface area contributed by atoms with Gasteiger partial charge in [-0.2, -0.15) is 10.5 Å². The molecule has 0 aliphatic carbocycles. The van der Waals surface area contributed by atoms with Gasteiger partial charge in [0.2, 0.25) is 5.82 Å². The summed E-state index contributed by atoms with van der Waals surface area (Å²) in [6.45, 7) is 0. The van der Waals surface area contributed by atoms with Gasteiger partial charge in [0.25, 0.3) is 0 Å². The molecule has 17 heavy (non-hydrogen) atoms. The van der Waals surface area contributed by atoms with E-state index in [2.05, 4.69) is 11.1 Å². The van der Waals surface area contributed by atoms with Crippen molar-refractivity contribution in [1.29, 1.82) is 10.5 Å². The fourth-order valence-corrected chi connectivity index (χ4v) is 1.79. The molecule has 1 atom stereocenters. The number of aromatic nitrogens is 2. The number of benzene rings is 1. The zero-order valence-electron chi connectivity index (χ0n) is 9.11. The van der Waals surface area contributed by atoms with Crippen LogP contribution in [-0.2, 0) is 0 Å². The van der Waals surface area contributed by atoms with Crippen LogP contribution in [0.25, 0.3) is 0 Å². The van der Waals surface area contributed by atoms with E-state index in [1.807, 2.05) is 36.4 Å². The molecule has 0 aliphatic heterocycles.